The van der Waals surface area contributed by atoms with E-state index in [1.165, 1.54) is 16.0 Å². The topological polar surface area (TPSA) is 41.7 Å². The third-order valence-corrected chi connectivity index (χ3v) is 6.83. The van der Waals surface area contributed by atoms with Gasteiger partial charge in [0.25, 0.3) is 5.91 Å². The summed E-state index contributed by atoms with van der Waals surface area (Å²) in [5.74, 6) is 1.20. The molecule has 2 aromatic carbocycles. The van der Waals surface area contributed by atoms with E-state index in [4.69, 9.17) is 4.74 Å². The molecule has 0 saturated carbocycles. The van der Waals surface area contributed by atoms with Gasteiger partial charge in [0.05, 0.1) is 12.8 Å². The highest BCUT2D eigenvalue weighted by Crippen LogP contribution is 2.28. The summed E-state index contributed by atoms with van der Waals surface area (Å²) >= 11 is 0. The molecule has 0 radical (unpaired) electrons. The van der Waals surface area contributed by atoms with Gasteiger partial charge in [-0.1, -0.05) is 36.4 Å². The number of hydrogen-bond acceptors (Lipinski definition) is 3. The Morgan fingerprint density at radius 3 is 2.26 bits per heavy atom. The molecule has 166 valence electrons. The van der Waals surface area contributed by atoms with Crippen LogP contribution in [0.2, 0.25) is 0 Å². The van der Waals surface area contributed by atoms with Crippen molar-refractivity contribution < 1.29 is 19.3 Å². The van der Waals surface area contributed by atoms with Crippen LogP contribution in [0.25, 0.3) is 0 Å². The van der Waals surface area contributed by atoms with Gasteiger partial charge in [-0.3, -0.25) is 4.79 Å². The minimum absolute atomic E-state index is 0.303. The maximum absolute atomic E-state index is 12.9. The van der Waals surface area contributed by atoms with Crippen LogP contribution in [0.3, 0.4) is 0 Å². The van der Waals surface area contributed by atoms with Gasteiger partial charge in [0.2, 0.25) is 0 Å². The molecule has 2 N–H and O–H groups in total. The Labute approximate surface area is 186 Å². The van der Waals surface area contributed by atoms with Crippen LogP contribution in [0.1, 0.15) is 11.1 Å². The molecule has 0 atom stereocenters. The Bertz CT molecular complexity index is 871. The first-order chi connectivity index (χ1) is 15.1. The van der Waals surface area contributed by atoms with E-state index in [0.29, 0.717) is 12.5 Å². The standard InChI is InChI=1S/C25H34N4O2/c1-21-7-3-4-8-22(21)19-26-11-13-27(14-12-26)20-25(30)29-17-15-28(16-18-29)23-9-5-6-10-24(23)31-2/h3-10H,11-20H2,1-2H3/p+2. The van der Waals surface area contributed by atoms with Crippen molar-refractivity contribution in [3.63, 3.8) is 0 Å². The van der Waals surface area contributed by atoms with Crippen molar-refractivity contribution in [1.82, 2.24) is 4.90 Å². The number of hydrogen-bond donors (Lipinski definition) is 2. The highest BCUT2D eigenvalue weighted by atomic mass is 16.5. The number of para-hydroxylation sites is 2. The van der Waals surface area contributed by atoms with E-state index in [1.54, 1.807) is 12.0 Å². The molecule has 2 aliphatic rings. The lowest BCUT2D eigenvalue weighted by Gasteiger charge is -2.37. The first kappa shape index (κ1) is 21.7. The number of quaternary nitrogens is 2. The molecule has 6 heteroatoms. The van der Waals surface area contributed by atoms with Crippen LogP contribution in [-0.2, 0) is 11.3 Å². The average Bonchev–Trinajstić information content (AvgIpc) is 2.82. The highest BCUT2D eigenvalue weighted by molar-refractivity contribution is 5.77. The molecule has 4 rings (SSSR count). The van der Waals surface area contributed by atoms with Crippen LogP contribution >= 0.6 is 0 Å². The minimum Gasteiger partial charge on any atom is -0.495 e. The van der Waals surface area contributed by atoms with Gasteiger partial charge in [0.15, 0.2) is 6.54 Å². The Hall–Kier alpha value is -2.57. The van der Waals surface area contributed by atoms with Crippen molar-refractivity contribution in [3.05, 3.63) is 59.7 Å². The first-order valence-corrected chi connectivity index (χ1v) is 11.5. The number of anilines is 1. The van der Waals surface area contributed by atoms with E-state index in [0.717, 1.165) is 70.3 Å². The van der Waals surface area contributed by atoms with Crippen LogP contribution in [0.5, 0.6) is 5.75 Å². The summed E-state index contributed by atoms with van der Waals surface area (Å²) in [4.78, 5) is 20.3. The molecule has 2 heterocycles. The second-order valence-corrected chi connectivity index (χ2v) is 8.82. The van der Waals surface area contributed by atoms with Gasteiger partial charge in [-0.25, -0.2) is 0 Å². The normalized spacial score (nSPS) is 21.7. The average molecular weight is 425 g/mol. The van der Waals surface area contributed by atoms with Crippen molar-refractivity contribution in [3.8, 4) is 5.75 Å². The quantitative estimate of drug-likeness (QED) is 0.665. The zero-order valence-corrected chi connectivity index (χ0v) is 18.9. The summed E-state index contributed by atoms with van der Waals surface area (Å²) in [6.45, 7) is 11.6. The predicted molar refractivity (Wildman–Crippen MR) is 123 cm³/mol. The van der Waals surface area contributed by atoms with Gasteiger partial charge in [0.1, 0.15) is 38.5 Å². The molecule has 0 aromatic heterocycles. The number of carbonyl (C=O) groups is 1. The number of ether oxygens (including phenoxy) is 1. The summed E-state index contributed by atoms with van der Waals surface area (Å²) in [7, 11) is 1.71. The number of methoxy groups -OCH3 is 1. The number of nitrogens with one attached hydrogen (secondary N) is 2. The second-order valence-electron chi connectivity index (χ2n) is 8.82. The van der Waals surface area contributed by atoms with Gasteiger partial charge in [-0.05, 0) is 24.6 Å². The van der Waals surface area contributed by atoms with Crippen LogP contribution in [0.15, 0.2) is 48.5 Å². The van der Waals surface area contributed by atoms with Crippen LogP contribution in [0, 0.1) is 6.92 Å². The Balaban J connectivity index is 1.22. The highest BCUT2D eigenvalue weighted by Gasteiger charge is 2.29. The van der Waals surface area contributed by atoms with Crippen molar-refractivity contribution in [2.24, 2.45) is 0 Å². The monoisotopic (exact) mass is 424 g/mol. The molecule has 0 unspecified atom stereocenters. The number of rotatable bonds is 6. The van der Waals surface area contributed by atoms with E-state index in [2.05, 4.69) is 42.2 Å². The van der Waals surface area contributed by atoms with Crippen molar-refractivity contribution >= 4 is 11.6 Å². The van der Waals surface area contributed by atoms with Crippen molar-refractivity contribution in [1.29, 1.82) is 0 Å². The summed E-state index contributed by atoms with van der Waals surface area (Å²) < 4.78 is 5.50. The zero-order chi connectivity index (χ0) is 21.6. The molecule has 1 amide bonds. The second kappa shape index (κ2) is 10.2. The number of nitrogens with zero attached hydrogens (tertiary/aromatic N) is 2. The van der Waals surface area contributed by atoms with Crippen LogP contribution < -0.4 is 19.4 Å². The van der Waals surface area contributed by atoms with E-state index in [1.807, 2.05) is 23.1 Å². The molecular weight excluding hydrogens is 388 g/mol. The SMILES string of the molecule is COc1ccccc1N1CCN(C(=O)C[NH+]2CC[NH+](Cc3ccccc3C)CC2)CC1. The van der Waals surface area contributed by atoms with E-state index in [-0.39, 0.29) is 0 Å². The number of aryl methyl sites for hydroxylation is 1. The number of amides is 1. The third-order valence-electron chi connectivity index (χ3n) is 6.83. The summed E-state index contributed by atoms with van der Waals surface area (Å²) in [6, 6.07) is 16.8. The van der Waals surface area contributed by atoms with Gasteiger partial charge >= 0.3 is 0 Å². The van der Waals surface area contributed by atoms with Crippen LogP contribution in [0.4, 0.5) is 5.69 Å². The van der Waals surface area contributed by atoms with E-state index in [9.17, 15) is 4.79 Å². The number of benzene rings is 2. The number of piperazine rings is 2. The molecule has 0 spiro atoms. The molecule has 6 nitrogen and oxygen atoms in total. The Kier molecular flexibility index (Phi) is 7.10. The molecular formula is C25H36N4O2+2. The van der Waals surface area contributed by atoms with Gasteiger partial charge in [-0.15, -0.1) is 0 Å². The maximum Gasteiger partial charge on any atom is 0.277 e. The minimum atomic E-state index is 0.303. The Morgan fingerprint density at radius 2 is 1.55 bits per heavy atom. The summed E-state index contributed by atoms with van der Waals surface area (Å²) in [5, 5.41) is 0. The zero-order valence-electron chi connectivity index (χ0n) is 18.9. The lowest BCUT2D eigenvalue weighted by atomic mass is 10.1. The van der Waals surface area contributed by atoms with Gasteiger partial charge in [0, 0.05) is 31.7 Å². The number of carbonyl (C=O) groups excluding carboxylic acids is 1. The van der Waals surface area contributed by atoms with Crippen molar-refractivity contribution in [2.45, 2.75) is 13.5 Å². The molecule has 31 heavy (non-hydrogen) atoms. The van der Waals surface area contributed by atoms with E-state index >= 15 is 0 Å². The predicted octanol–water partition coefficient (Wildman–Crippen LogP) is -0.364. The molecule has 0 aliphatic carbocycles. The smallest absolute Gasteiger partial charge is 0.277 e. The van der Waals surface area contributed by atoms with Gasteiger partial charge in [-0.2, -0.15) is 0 Å². The Morgan fingerprint density at radius 1 is 0.903 bits per heavy atom. The third kappa shape index (κ3) is 5.38. The van der Waals surface area contributed by atoms with Crippen molar-refractivity contribution in [2.75, 3.05) is 70.9 Å². The lowest BCUT2D eigenvalue weighted by molar-refractivity contribution is -1.02. The molecule has 0 bridgehead atoms. The summed E-state index contributed by atoms with van der Waals surface area (Å²) in [6.07, 6.45) is 0. The van der Waals surface area contributed by atoms with Crippen LogP contribution in [-0.4, -0.2) is 76.8 Å². The fourth-order valence-corrected chi connectivity index (χ4v) is 4.80. The fraction of sp³-hybridized carbons (Fsp3) is 0.480. The van der Waals surface area contributed by atoms with E-state index < -0.39 is 0 Å². The lowest BCUT2D eigenvalue weighted by Crippen LogP contribution is -3.28. The summed E-state index contributed by atoms with van der Waals surface area (Å²) in [5.41, 5.74) is 3.95. The fourth-order valence-electron chi connectivity index (χ4n) is 4.80. The molecule has 2 fully saturated rings. The molecule has 2 aliphatic heterocycles. The van der Waals surface area contributed by atoms with Gasteiger partial charge < -0.3 is 24.3 Å². The maximum atomic E-state index is 12.9. The first-order valence-electron chi connectivity index (χ1n) is 11.5. The molecule has 2 aromatic rings. The molecule has 2 saturated heterocycles. The largest absolute Gasteiger partial charge is 0.495 e.